The predicted octanol–water partition coefficient (Wildman–Crippen LogP) is 6.81. The van der Waals surface area contributed by atoms with Crippen LogP contribution in [0.1, 0.15) is 21.5 Å². The molecule has 0 atom stereocenters. The fraction of sp³-hybridized carbons (Fsp3) is 0.130. The van der Waals surface area contributed by atoms with Crippen LogP contribution in [0.3, 0.4) is 0 Å². The molecule has 2 N–H and O–H groups in total. The molecule has 0 saturated carbocycles. The topological polar surface area (TPSA) is 67.4 Å². The molecule has 5 nitrogen and oxygen atoms in total. The number of amides is 2. The normalized spacial score (nSPS) is 11.1. The second kappa shape index (κ2) is 10.4. The van der Waals surface area contributed by atoms with Crippen molar-refractivity contribution in [3.63, 3.8) is 0 Å². The second-order valence-electron chi connectivity index (χ2n) is 6.98. The molecular formula is C23H17Br2F3N2O3. The van der Waals surface area contributed by atoms with Crippen LogP contribution in [0.15, 0.2) is 69.6 Å². The van der Waals surface area contributed by atoms with Crippen LogP contribution >= 0.6 is 31.9 Å². The highest BCUT2D eigenvalue weighted by atomic mass is 79.9. The van der Waals surface area contributed by atoms with Crippen LogP contribution in [0, 0.1) is 6.92 Å². The van der Waals surface area contributed by atoms with Gasteiger partial charge < -0.3 is 15.4 Å². The van der Waals surface area contributed by atoms with Crippen molar-refractivity contribution in [3.05, 3.63) is 86.3 Å². The molecule has 0 heterocycles. The molecule has 0 radical (unpaired) electrons. The Bertz CT molecular complexity index is 1160. The molecule has 0 aliphatic carbocycles. The van der Waals surface area contributed by atoms with Crippen LogP contribution in [0.25, 0.3) is 0 Å². The molecule has 3 rings (SSSR count). The predicted molar refractivity (Wildman–Crippen MR) is 127 cm³/mol. The summed E-state index contributed by atoms with van der Waals surface area (Å²) in [7, 11) is 0. The van der Waals surface area contributed by atoms with E-state index in [9.17, 15) is 22.8 Å². The number of carbonyl (C=O) groups is 2. The minimum absolute atomic E-state index is 0.0266. The van der Waals surface area contributed by atoms with Crippen molar-refractivity contribution in [1.29, 1.82) is 0 Å². The Labute approximate surface area is 204 Å². The van der Waals surface area contributed by atoms with Gasteiger partial charge in [0.05, 0.1) is 10.0 Å². The van der Waals surface area contributed by atoms with Crippen molar-refractivity contribution in [2.24, 2.45) is 0 Å². The van der Waals surface area contributed by atoms with Gasteiger partial charge in [0, 0.05) is 21.4 Å². The molecule has 0 aliphatic rings. The largest absolute Gasteiger partial charge is 0.482 e. The summed E-state index contributed by atoms with van der Waals surface area (Å²) in [6, 6.07) is 14.0. The van der Waals surface area contributed by atoms with Gasteiger partial charge in [-0.3, -0.25) is 9.59 Å². The van der Waals surface area contributed by atoms with E-state index in [4.69, 9.17) is 4.74 Å². The third-order valence-electron chi connectivity index (χ3n) is 4.42. The van der Waals surface area contributed by atoms with Crippen molar-refractivity contribution in [3.8, 4) is 5.75 Å². The summed E-state index contributed by atoms with van der Waals surface area (Å²) in [6.07, 6.45) is -4.50. The number of benzene rings is 3. The maximum atomic E-state index is 12.8. The summed E-state index contributed by atoms with van der Waals surface area (Å²) in [5, 5.41) is 5.09. The van der Waals surface area contributed by atoms with Crippen molar-refractivity contribution >= 4 is 55.0 Å². The number of hydrogen-bond donors (Lipinski definition) is 2. The highest BCUT2D eigenvalue weighted by molar-refractivity contribution is 9.11. The maximum absolute atomic E-state index is 12.8. The lowest BCUT2D eigenvalue weighted by Gasteiger charge is -2.12. The molecular weight excluding hydrogens is 569 g/mol. The van der Waals surface area contributed by atoms with Gasteiger partial charge >= 0.3 is 6.18 Å². The summed E-state index contributed by atoms with van der Waals surface area (Å²) in [6.45, 7) is 1.63. The maximum Gasteiger partial charge on any atom is 0.416 e. The van der Waals surface area contributed by atoms with Crippen LogP contribution in [0.4, 0.5) is 24.5 Å². The Morgan fingerprint density at radius 1 is 0.939 bits per heavy atom. The Balaban J connectivity index is 1.58. The highest BCUT2D eigenvalue weighted by Gasteiger charge is 2.30. The quantitative estimate of drug-likeness (QED) is 0.334. The molecule has 0 bridgehead atoms. The van der Waals surface area contributed by atoms with Crippen molar-refractivity contribution in [1.82, 2.24) is 0 Å². The zero-order valence-corrected chi connectivity index (χ0v) is 20.3. The zero-order valence-electron chi connectivity index (χ0n) is 17.1. The second-order valence-corrected chi connectivity index (χ2v) is 8.75. The number of aryl methyl sites for hydroxylation is 1. The molecule has 0 fully saturated rings. The SMILES string of the molecule is Cc1cc(Br)cc(Br)c1OCC(=O)Nc1ccc(C(=O)Nc2cccc(C(F)(F)F)c2)cc1. The van der Waals surface area contributed by atoms with Gasteiger partial charge in [-0.2, -0.15) is 13.2 Å². The van der Waals surface area contributed by atoms with E-state index in [-0.39, 0.29) is 17.9 Å². The summed E-state index contributed by atoms with van der Waals surface area (Å²) in [5.41, 5.74) is 0.673. The van der Waals surface area contributed by atoms with Gasteiger partial charge in [-0.15, -0.1) is 0 Å². The molecule has 10 heteroatoms. The lowest BCUT2D eigenvalue weighted by atomic mass is 10.1. The summed E-state index contributed by atoms with van der Waals surface area (Å²) < 4.78 is 45.6. The van der Waals surface area contributed by atoms with Crippen LogP contribution in [0.2, 0.25) is 0 Å². The van der Waals surface area contributed by atoms with E-state index < -0.39 is 23.6 Å². The molecule has 0 aliphatic heterocycles. The number of halogens is 5. The number of rotatable bonds is 6. The third kappa shape index (κ3) is 6.82. The molecule has 0 spiro atoms. The first-order chi connectivity index (χ1) is 15.5. The Morgan fingerprint density at radius 2 is 1.64 bits per heavy atom. The summed E-state index contributed by atoms with van der Waals surface area (Å²) in [4.78, 5) is 24.6. The monoisotopic (exact) mass is 584 g/mol. The average Bonchev–Trinajstić information content (AvgIpc) is 2.73. The molecule has 2 amide bonds. The molecule has 0 unspecified atom stereocenters. The van der Waals surface area contributed by atoms with Crippen molar-refractivity contribution in [2.45, 2.75) is 13.1 Å². The van der Waals surface area contributed by atoms with E-state index in [0.29, 0.717) is 15.9 Å². The van der Waals surface area contributed by atoms with Gasteiger partial charge in [0.25, 0.3) is 11.8 Å². The number of alkyl halides is 3. The Hall–Kier alpha value is -2.85. The minimum atomic E-state index is -4.50. The van der Waals surface area contributed by atoms with Gasteiger partial charge in [-0.1, -0.05) is 22.0 Å². The van der Waals surface area contributed by atoms with E-state index in [2.05, 4.69) is 42.5 Å². The number of carbonyl (C=O) groups excluding carboxylic acids is 2. The molecule has 3 aromatic rings. The fourth-order valence-corrected chi connectivity index (χ4v) is 4.44. The van der Waals surface area contributed by atoms with E-state index in [1.807, 2.05) is 19.1 Å². The first-order valence-electron chi connectivity index (χ1n) is 9.50. The number of ether oxygens (including phenoxy) is 1. The van der Waals surface area contributed by atoms with Crippen LogP contribution < -0.4 is 15.4 Å². The van der Waals surface area contributed by atoms with Crippen molar-refractivity contribution in [2.75, 3.05) is 17.2 Å². The standard InChI is InChI=1S/C23H17Br2F3N2O3/c1-13-9-16(24)11-19(25)21(13)33-12-20(31)29-17-7-5-14(6-8-17)22(32)30-18-4-2-3-15(10-18)23(26,27)28/h2-11H,12H2,1H3,(H,29,31)(H,30,32). The van der Waals surface area contributed by atoms with E-state index >= 15 is 0 Å². The van der Waals surface area contributed by atoms with Gasteiger partial charge in [0.2, 0.25) is 0 Å². The smallest absolute Gasteiger partial charge is 0.416 e. The van der Waals surface area contributed by atoms with Gasteiger partial charge in [0.1, 0.15) is 5.75 Å². The molecule has 33 heavy (non-hydrogen) atoms. The Morgan fingerprint density at radius 3 is 2.27 bits per heavy atom. The van der Waals surface area contributed by atoms with Gasteiger partial charge in [-0.05, 0) is 83.0 Å². The van der Waals surface area contributed by atoms with Crippen molar-refractivity contribution < 1.29 is 27.5 Å². The van der Waals surface area contributed by atoms with Crippen LogP contribution in [0.5, 0.6) is 5.75 Å². The zero-order chi connectivity index (χ0) is 24.2. The van der Waals surface area contributed by atoms with E-state index in [1.54, 1.807) is 0 Å². The first-order valence-corrected chi connectivity index (χ1v) is 11.1. The van der Waals surface area contributed by atoms with E-state index in [1.165, 1.54) is 36.4 Å². The fourth-order valence-electron chi connectivity index (χ4n) is 2.89. The Kier molecular flexibility index (Phi) is 7.80. The van der Waals surface area contributed by atoms with Gasteiger partial charge in [0.15, 0.2) is 6.61 Å². The molecule has 172 valence electrons. The van der Waals surface area contributed by atoms with Crippen LogP contribution in [-0.2, 0) is 11.0 Å². The summed E-state index contributed by atoms with van der Waals surface area (Å²) >= 11 is 6.77. The molecule has 3 aromatic carbocycles. The van der Waals surface area contributed by atoms with E-state index in [0.717, 1.165) is 22.2 Å². The van der Waals surface area contributed by atoms with Crippen LogP contribution in [-0.4, -0.2) is 18.4 Å². The van der Waals surface area contributed by atoms with Gasteiger partial charge in [-0.25, -0.2) is 0 Å². The molecule has 0 aromatic heterocycles. The number of nitrogens with one attached hydrogen (secondary N) is 2. The lowest BCUT2D eigenvalue weighted by molar-refractivity contribution is -0.137. The summed E-state index contributed by atoms with van der Waals surface area (Å²) in [5.74, 6) is -0.425. The number of hydrogen-bond acceptors (Lipinski definition) is 3. The molecule has 0 saturated heterocycles. The first kappa shape index (κ1) is 24.8. The number of anilines is 2. The highest BCUT2D eigenvalue weighted by Crippen LogP contribution is 2.32. The lowest BCUT2D eigenvalue weighted by Crippen LogP contribution is -2.20. The average molecular weight is 586 g/mol. The third-order valence-corrected chi connectivity index (χ3v) is 5.47. The minimum Gasteiger partial charge on any atom is -0.482 e.